The highest BCUT2D eigenvalue weighted by Gasteiger charge is 2.42. The Labute approximate surface area is 180 Å². The molecular weight excluding hydrogens is 378 g/mol. The SMILES string of the molecule is COC[C@H](C)COCc1ccc([C@@]2(O)CCN(Cc3ccccc3)C[C@H]2CO)cc1. The van der Waals surface area contributed by atoms with Crippen LogP contribution in [0.4, 0.5) is 0 Å². The molecule has 0 amide bonds. The Bertz CT molecular complexity index is 752. The van der Waals surface area contributed by atoms with E-state index in [1.165, 1.54) is 5.56 Å². The van der Waals surface area contributed by atoms with E-state index in [4.69, 9.17) is 9.47 Å². The van der Waals surface area contributed by atoms with Crippen molar-refractivity contribution in [2.24, 2.45) is 11.8 Å². The molecule has 5 heteroatoms. The van der Waals surface area contributed by atoms with Crippen molar-refractivity contribution in [3.63, 3.8) is 0 Å². The summed E-state index contributed by atoms with van der Waals surface area (Å²) in [4.78, 5) is 2.31. The molecule has 2 aromatic rings. The fourth-order valence-electron chi connectivity index (χ4n) is 4.26. The number of rotatable bonds is 10. The molecule has 1 saturated heterocycles. The largest absolute Gasteiger partial charge is 0.396 e. The quantitative estimate of drug-likeness (QED) is 0.626. The van der Waals surface area contributed by atoms with Gasteiger partial charge in [0.25, 0.3) is 0 Å². The van der Waals surface area contributed by atoms with Crippen molar-refractivity contribution in [1.29, 1.82) is 0 Å². The van der Waals surface area contributed by atoms with Crippen LogP contribution in [0.2, 0.25) is 0 Å². The van der Waals surface area contributed by atoms with Gasteiger partial charge in [-0.25, -0.2) is 0 Å². The zero-order valence-corrected chi connectivity index (χ0v) is 18.2. The molecule has 2 N–H and O–H groups in total. The normalized spacial score (nSPS) is 23.4. The molecule has 1 heterocycles. The van der Waals surface area contributed by atoms with Crippen LogP contribution in [0.5, 0.6) is 0 Å². The van der Waals surface area contributed by atoms with Crippen LogP contribution in [0.3, 0.4) is 0 Å². The average Bonchev–Trinajstić information content (AvgIpc) is 2.76. The minimum Gasteiger partial charge on any atom is -0.396 e. The molecule has 3 atom stereocenters. The van der Waals surface area contributed by atoms with Gasteiger partial charge in [0, 0.05) is 38.6 Å². The molecule has 0 spiro atoms. The molecule has 2 aromatic carbocycles. The number of methoxy groups -OCH3 is 1. The maximum absolute atomic E-state index is 11.5. The van der Waals surface area contributed by atoms with Gasteiger partial charge in [-0.1, -0.05) is 61.5 Å². The fraction of sp³-hybridized carbons (Fsp3) is 0.520. The highest BCUT2D eigenvalue weighted by atomic mass is 16.5. The number of aliphatic hydroxyl groups is 2. The lowest BCUT2D eigenvalue weighted by atomic mass is 9.76. The second-order valence-electron chi connectivity index (χ2n) is 8.55. The van der Waals surface area contributed by atoms with Gasteiger partial charge in [-0.3, -0.25) is 4.90 Å². The molecule has 0 radical (unpaired) electrons. The Morgan fingerprint density at radius 2 is 1.80 bits per heavy atom. The summed E-state index contributed by atoms with van der Waals surface area (Å²) >= 11 is 0. The van der Waals surface area contributed by atoms with E-state index in [-0.39, 0.29) is 12.5 Å². The topological polar surface area (TPSA) is 62.2 Å². The van der Waals surface area contributed by atoms with Crippen molar-refractivity contribution < 1.29 is 19.7 Å². The molecule has 0 bridgehead atoms. The van der Waals surface area contributed by atoms with Gasteiger partial charge >= 0.3 is 0 Å². The van der Waals surface area contributed by atoms with E-state index < -0.39 is 5.60 Å². The molecule has 1 aliphatic heterocycles. The van der Waals surface area contributed by atoms with Crippen LogP contribution in [0, 0.1) is 11.8 Å². The van der Waals surface area contributed by atoms with E-state index in [0.29, 0.717) is 38.7 Å². The summed E-state index contributed by atoms with van der Waals surface area (Å²) in [6.45, 7) is 6.26. The molecule has 0 unspecified atom stereocenters. The second-order valence-corrected chi connectivity index (χ2v) is 8.55. The molecule has 5 nitrogen and oxygen atoms in total. The first-order chi connectivity index (χ1) is 14.5. The Balaban J connectivity index is 1.58. The first-order valence-corrected chi connectivity index (χ1v) is 10.8. The highest BCUT2D eigenvalue weighted by molar-refractivity contribution is 5.28. The van der Waals surface area contributed by atoms with Crippen LogP contribution >= 0.6 is 0 Å². The Kier molecular flexibility index (Phi) is 8.42. The van der Waals surface area contributed by atoms with Gasteiger partial charge in [-0.2, -0.15) is 0 Å². The lowest BCUT2D eigenvalue weighted by Gasteiger charge is -2.44. The van der Waals surface area contributed by atoms with Gasteiger partial charge in [0.2, 0.25) is 0 Å². The van der Waals surface area contributed by atoms with Gasteiger partial charge < -0.3 is 19.7 Å². The van der Waals surface area contributed by atoms with E-state index in [9.17, 15) is 10.2 Å². The lowest BCUT2D eigenvalue weighted by molar-refractivity contribution is -0.0960. The van der Waals surface area contributed by atoms with E-state index in [1.807, 2.05) is 42.5 Å². The number of likely N-dealkylation sites (tertiary alicyclic amines) is 1. The number of hydrogen-bond donors (Lipinski definition) is 2. The molecule has 0 aromatic heterocycles. The van der Waals surface area contributed by atoms with Crippen LogP contribution in [0.25, 0.3) is 0 Å². The van der Waals surface area contributed by atoms with Gasteiger partial charge in [0.1, 0.15) is 0 Å². The minimum atomic E-state index is -1.01. The lowest BCUT2D eigenvalue weighted by Crippen LogP contribution is -2.51. The van der Waals surface area contributed by atoms with Crippen molar-refractivity contribution in [1.82, 2.24) is 4.90 Å². The Morgan fingerprint density at radius 1 is 1.07 bits per heavy atom. The van der Waals surface area contributed by atoms with Gasteiger partial charge in [0.05, 0.1) is 32.0 Å². The third kappa shape index (κ3) is 5.90. The van der Waals surface area contributed by atoms with Crippen LogP contribution in [0.15, 0.2) is 54.6 Å². The van der Waals surface area contributed by atoms with E-state index in [0.717, 1.165) is 24.2 Å². The third-order valence-corrected chi connectivity index (χ3v) is 6.01. The fourth-order valence-corrected chi connectivity index (χ4v) is 4.26. The van der Waals surface area contributed by atoms with Crippen molar-refractivity contribution in [2.75, 3.05) is 40.0 Å². The van der Waals surface area contributed by atoms with Crippen molar-refractivity contribution >= 4 is 0 Å². The predicted octanol–water partition coefficient (Wildman–Crippen LogP) is 3.19. The third-order valence-electron chi connectivity index (χ3n) is 6.01. The molecule has 164 valence electrons. The molecule has 30 heavy (non-hydrogen) atoms. The van der Waals surface area contributed by atoms with E-state index in [2.05, 4.69) is 24.0 Å². The maximum Gasteiger partial charge on any atom is 0.0970 e. The molecule has 1 fully saturated rings. The van der Waals surface area contributed by atoms with Crippen LogP contribution < -0.4 is 0 Å². The summed E-state index contributed by atoms with van der Waals surface area (Å²) in [7, 11) is 1.70. The number of ether oxygens (including phenoxy) is 2. The number of hydrogen-bond acceptors (Lipinski definition) is 5. The first kappa shape index (κ1) is 22.9. The molecular formula is C25H35NO4. The molecule has 3 rings (SSSR count). The standard InChI is InChI=1S/C25H35NO4/c1-20(17-29-2)18-30-19-22-8-10-23(11-9-22)25(28)12-13-26(15-24(25)16-27)14-21-6-4-3-5-7-21/h3-11,20,24,27-28H,12-19H2,1-2H3/t20-,24-,25-/m0/s1. The minimum absolute atomic E-state index is 0.0377. The summed E-state index contributed by atoms with van der Waals surface area (Å²) in [5.41, 5.74) is 2.20. The summed E-state index contributed by atoms with van der Waals surface area (Å²) in [5.74, 6) is 0.147. The highest BCUT2D eigenvalue weighted by Crippen LogP contribution is 2.37. The van der Waals surface area contributed by atoms with E-state index in [1.54, 1.807) is 7.11 Å². The van der Waals surface area contributed by atoms with Gasteiger partial charge in [0.15, 0.2) is 0 Å². The monoisotopic (exact) mass is 413 g/mol. The molecule has 0 aliphatic carbocycles. The van der Waals surface area contributed by atoms with Crippen molar-refractivity contribution in [3.05, 3.63) is 71.3 Å². The Morgan fingerprint density at radius 3 is 2.47 bits per heavy atom. The average molecular weight is 414 g/mol. The summed E-state index contributed by atoms with van der Waals surface area (Å²) in [5, 5.41) is 21.5. The van der Waals surface area contributed by atoms with Crippen molar-refractivity contribution in [2.45, 2.75) is 32.1 Å². The van der Waals surface area contributed by atoms with Crippen molar-refractivity contribution in [3.8, 4) is 0 Å². The first-order valence-electron chi connectivity index (χ1n) is 10.8. The summed E-state index contributed by atoms with van der Waals surface area (Å²) in [6.07, 6.45) is 0.607. The smallest absolute Gasteiger partial charge is 0.0970 e. The maximum atomic E-state index is 11.5. The number of piperidine rings is 1. The zero-order chi connectivity index (χ0) is 21.4. The van der Waals surface area contributed by atoms with E-state index >= 15 is 0 Å². The number of aliphatic hydroxyl groups excluding tert-OH is 1. The molecule has 1 aliphatic rings. The molecule has 0 saturated carbocycles. The number of benzene rings is 2. The Hall–Kier alpha value is -1.76. The zero-order valence-electron chi connectivity index (χ0n) is 18.2. The van der Waals surface area contributed by atoms with Crippen LogP contribution in [0.1, 0.15) is 30.0 Å². The van der Waals surface area contributed by atoms with Crippen LogP contribution in [-0.4, -0.2) is 55.1 Å². The second kappa shape index (κ2) is 11.0. The predicted molar refractivity (Wildman–Crippen MR) is 118 cm³/mol. The summed E-state index contributed by atoms with van der Waals surface area (Å²) < 4.78 is 10.9. The summed E-state index contributed by atoms with van der Waals surface area (Å²) in [6, 6.07) is 18.3. The van der Waals surface area contributed by atoms with Crippen LogP contribution in [-0.2, 0) is 28.2 Å². The van der Waals surface area contributed by atoms with Gasteiger partial charge in [-0.15, -0.1) is 0 Å². The number of nitrogens with zero attached hydrogens (tertiary/aromatic N) is 1. The van der Waals surface area contributed by atoms with Gasteiger partial charge in [-0.05, 0) is 23.1 Å².